The fourth-order valence-corrected chi connectivity index (χ4v) is 1.77. The van der Waals surface area contributed by atoms with Crippen molar-refractivity contribution < 1.29 is 51.5 Å². The maximum absolute atomic E-state index is 11.2. The second kappa shape index (κ2) is 12.6. The van der Waals surface area contributed by atoms with Gasteiger partial charge in [0.1, 0.15) is 5.78 Å². The van der Waals surface area contributed by atoms with Crippen LogP contribution in [0.3, 0.4) is 0 Å². The van der Waals surface area contributed by atoms with Crippen LogP contribution >= 0.6 is 0 Å². The van der Waals surface area contributed by atoms with Gasteiger partial charge < -0.3 is 4.55 Å². The Labute approximate surface area is 132 Å². The van der Waals surface area contributed by atoms with Gasteiger partial charge in [-0.15, -0.1) is 0 Å². The number of rotatable bonds is 11. The molecule has 0 aliphatic carbocycles. The van der Waals surface area contributed by atoms with Crippen molar-refractivity contribution >= 4 is 16.2 Å². The van der Waals surface area contributed by atoms with Gasteiger partial charge in [0, 0.05) is 12.8 Å². The van der Waals surface area contributed by atoms with Crippen molar-refractivity contribution in [3.63, 3.8) is 0 Å². The Balaban J connectivity index is 0. The molecule has 0 N–H and O–H groups in total. The molecule has 0 saturated heterocycles. The monoisotopic (exact) mass is 288 g/mol. The molecule has 7 heteroatoms. The average Bonchev–Trinajstić information content (AvgIpc) is 2.21. The molecule has 0 rings (SSSR count). The number of carbonyl (C=O) groups is 1. The van der Waals surface area contributed by atoms with Gasteiger partial charge in [0.05, 0.1) is 6.61 Å². The molecule has 0 bridgehead atoms. The Morgan fingerprint density at radius 3 is 2.17 bits per heavy atom. The molecule has 0 spiro atoms. The van der Waals surface area contributed by atoms with Gasteiger partial charge in [0.15, 0.2) is 0 Å². The van der Waals surface area contributed by atoms with Crippen LogP contribution in [0.4, 0.5) is 0 Å². The molecule has 18 heavy (non-hydrogen) atoms. The molecule has 0 aromatic heterocycles. The van der Waals surface area contributed by atoms with Crippen LogP contribution in [-0.4, -0.2) is 25.4 Å². The zero-order valence-corrected chi connectivity index (χ0v) is 14.1. The zero-order chi connectivity index (χ0) is 13.1. The van der Waals surface area contributed by atoms with Crippen molar-refractivity contribution in [2.24, 2.45) is 0 Å². The Hall–Kier alpha value is 0.540. The first-order valence-electron chi connectivity index (χ1n) is 6.07. The van der Waals surface area contributed by atoms with Crippen molar-refractivity contribution in [3.8, 4) is 0 Å². The summed E-state index contributed by atoms with van der Waals surface area (Å²) in [6, 6.07) is 0. The van der Waals surface area contributed by atoms with Crippen LogP contribution in [0.15, 0.2) is 0 Å². The third-order valence-electron chi connectivity index (χ3n) is 2.42. The number of hydrogen-bond donors (Lipinski definition) is 0. The van der Waals surface area contributed by atoms with Gasteiger partial charge in [0.2, 0.25) is 10.4 Å². The van der Waals surface area contributed by atoms with E-state index in [1.807, 2.05) is 0 Å². The van der Waals surface area contributed by atoms with Crippen molar-refractivity contribution in [3.05, 3.63) is 0 Å². The molecule has 0 unspecified atom stereocenters. The third kappa shape index (κ3) is 16.5. The standard InChI is InChI=1S/C11H22O5S.Na/c1-2-3-4-5-6-7-8-11(12)9-10-16-17(13,14)15;/h2-10H2,1H3,(H,13,14,15);/q;+1/p-1. The van der Waals surface area contributed by atoms with Crippen LogP contribution in [0.1, 0.15) is 58.3 Å². The zero-order valence-electron chi connectivity index (χ0n) is 11.3. The topological polar surface area (TPSA) is 83.5 Å². The summed E-state index contributed by atoms with van der Waals surface area (Å²) in [5.41, 5.74) is 0. The maximum atomic E-state index is 11.2. The summed E-state index contributed by atoms with van der Waals surface area (Å²) in [4.78, 5) is 11.2. The number of carbonyl (C=O) groups excluding carboxylic acids is 1. The first-order valence-corrected chi connectivity index (χ1v) is 7.41. The van der Waals surface area contributed by atoms with Crippen molar-refractivity contribution in [1.29, 1.82) is 0 Å². The predicted molar refractivity (Wildman–Crippen MR) is 63.3 cm³/mol. The SMILES string of the molecule is CCCCCCCCC(=O)CCOS(=O)(=O)[O-].[Na+]. The second-order valence-electron chi connectivity index (χ2n) is 4.04. The Morgan fingerprint density at radius 2 is 1.61 bits per heavy atom. The molecule has 0 radical (unpaired) electrons. The van der Waals surface area contributed by atoms with Gasteiger partial charge in [-0.3, -0.25) is 8.98 Å². The van der Waals surface area contributed by atoms with Gasteiger partial charge >= 0.3 is 29.6 Å². The van der Waals surface area contributed by atoms with Gasteiger partial charge in [-0.2, -0.15) is 0 Å². The quantitative estimate of drug-likeness (QED) is 0.215. The summed E-state index contributed by atoms with van der Waals surface area (Å²) in [5, 5.41) is 0. The van der Waals surface area contributed by atoms with E-state index in [2.05, 4.69) is 11.1 Å². The molecule has 0 heterocycles. The summed E-state index contributed by atoms with van der Waals surface area (Å²) in [5.74, 6) is -0.0517. The van der Waals surface area contributed by atoms with Crippen LogP contribution < -0.4 is 29.6 Å². The van der Waals surface area contributed by atoms with E-state index in [1.54, 1.807) is 0 Å². The van der Waals surface area contributed by atoms with E-state index in [-0.39, 0.29) is 48.4 Å². The smallest absolute Gasteiger partial charge is 0.726 e. The molecular weight excluding hydrogens is 267 g/mol. The van der Waals surface area contributed by atoms with Crippen molar-refractivity contribution in [2.45, 2.75) is 58.3 Å². The summed E-state index contributed by atoms with van der Waals surface area (Å²) in [6.07, 6.45) is 7.03. The normalized spacial score (nSPS) is 11.0. The van der Waals surface area contributed by atoms with E-state index in [0.29, 0.717) is 6.42 Å². The fraction of sp³-hybridized carbons (Fsp3) is 0.909. The molecule has 0 aliphatic rings. The summed E-state index contributed by atoms with van der Waals surface area (Å²) in [6.45, 7) is 1.81. The maximum Gasteiger partial charge on any atom is 1.00 e. The molecule has 0 aromatic carbocycles. The average molecular weight is 288 g/mol. The van der Waals surface area contributed by atoms with Crippen LogP contribution in [-0.2, 0) is 19.4 Å². The number of hydrogen-bond acceptors (Lipinski definition) is 5. The molecule has 102 valence electrons. The third-order valence-corrected chi connectivity index (χ3v) is 2.87. The fourth-order valence-electron chi connectivity index (χ4n) is 1.49. The van der Waals surface area contributed by atoms with Crippen LogP contribution in [0, 0.1) is 0 Å². The van der Waals surface area contributed by atoms with E-state index < -0.39 is 10.4 Å². The molecule has 0 fully saturated rings. The van der Waals surface area contributed by atoms with E-state index in [4.69, 9.17) is 0 Å². The number of Topliss-reactive ketones (excluding diaryl/α,β-unsaturated/α-hetero) is 1. The van der Waals surface area contributed by atoms with E-state index in [1.165, 1.54) is 19.3 Å². The molecular formula is C11H21NaO5S. The number of ketones is 1. The second-order valence-corrected chi connectivity index (χ2v) is 5.09. The van der Waals surface area contributed by atoms with Crippen LogP contribution in [0.25, 0.3) is 0 Å². The van der Waals surface area contributed by atoms with Crippen LogP contribution in [0.2, 0.25) is 0 Å². The minimum atomic E-state index is -4.66. The minimum Gasteiger partial charge on any atom is -0.726 e. The van der Waals surface area contributed by atoms with Gasteiger partial charge in [-0.1, -0.05) is 39.0 Å². The Bertz CT molecular complexity index is 303. The molecule has 0 aromatic rings. The molecule has 5 nitrogen and oxygen atoms in total. The van der Waals surface area contributed by atoms with E-state index in [0.717, 1.165) is 19.3 Å². The van der Waals surface area contributed by atoms with E-state index in [9.17, 15) is 17.8 Å². The van der Waals surface area contributed by atoms with Gasteiger partial charge in [-0.25, -0.2) is 8.42 Å². The van der Waals surface area contributed by atoms with Gasteiger partial charge in [0.25, 0.3) is 0 Å². The summed E-state index contributed by atoms with van der Waals surface area (Å²) >= 11 is 0. The largest absolute Gasteiger partial charge is 1.00 e. The van der Waals surface area contributed by atoms with Crippen LogP contribution in [0.5, 0.6) is 0 Å². The minimum absolute atomic E-state index is 0. The summed E-state index contributed by atoms with van der Waals surface area (Å²) < 4.78 is 34.2. The Morgan fingerprint density at radius 1 is 1.06 bits per heavy atom. The predicted octanol–water partition coefficient (Wildman–Crippen LogP) is -0.823. The first kappa shape index (κ1) is 20.8. The van der Waals surface area contributed by atoms with E-state index >= 15 is 0 Å². The van der Waals surface area contributed by atoms with Crippen molar-refractivity contribution in [1.82, 2.24) is 0 Å². The number of unbranched alkanes of at least 4 members (excludes halogenated alkanes) is 5. The molecule has 0 amide bonds. The van der Waals surface area contributed by atoms with Gasteiger partial charge in [-0.05, 0) is 6.42 Å². The van der Waals surface area contributed by atoms with Crippen molar-refractivity contribution in [2.75, 3.05) is 6.61 Å². The summed E-state index contributed by atoms with van der Waals surface area (Å²) in [7, 11) is -4.66. The molecule has 0 atom stereocenters. The molecule has 0 aliphatic heterocycles. The first-order chi connectivity index (χ1) is 7.95. The molecule has 0 saturated carbocycles. The Kier molecular flexibility index (Phi) is 14.6.